The highest BCUT2D eigenvalue weighted by molar-refractivity contribution is 8.08. The maximum Gasteiger partial charge on any atom is 0.498 e. The van der Waals surface area contributed by atoms with Crippen molar-refractivity contribution in [1.82, 2.24) is 0 Å². The van der Waals surface area contributed by atoms with E-state index in [1.807, 2.05) is 0 Å². The van der Waals surface area contributed by atoms with Gasteiger partial charge in [0.15, 0.2) is 5.08 Å². The van der Waals surface area contributed by atoms with Crippen molar-refractivity contribution in [3.8, 4) is 0 Å². The molecule has 0 radical (unpaired) electrons. The molecule has 0 aromatic heterocycles. The molecule has 0 spiro atoms. The van der Waals surface area contributed by atoms with Crippen LogP contribution in [-0.4, -0.2) is 32.9 Å². The van der Waals surface area contributed by atoms with E-state index in [0.29, 0.717) is 0 Å². The van der Waals surface area contributed by atoms with Gasteiger partial charge in [0.2, 0.25) is 0 Å². The van der Waals surface area contributed by atoms with Crippen LogP contribution >= 0.6 is 0 Å². The maximum atomic E-state index is 11.5. The lowest BCUT2D eigenvalue weighted by molar-refractivity contribution is -0.0456. The summed E-state index contributed by atoms with van der Waals surface area (Å²) in [6.07, 6.45) is 0. The molecule has 4 nitrogen and oxygen atoms in total. The van der Waals surface area contributed by atoms with Crippen LogP contribution in [0.15, 0.2) is 0 Å². The summed E-state index contributed by atoms with van der Waals surface area (Å²) in [5, 5.41) is -3.03. The topological polar surface area (TPSA) is 68.3 Å². The SMILES string of the molecule is O=S(=O)(CS(=O)(=O)C(F)(F)F)C(F)(F)F. The molecule has 0 atom stereocenters. The predicted molar refractivity (Wildman–Crippen MR) is 34.8 cm³/mol. The van der Waals surface area contributed by atoms with Gasteiger partial charge in [-0.15, -0.1) is 0 Å². The van der Waals surface area contributed by atoms with Crippen molar-refractivity contribution in [3.63, 3.8) is 0 Å². The van der Waals surface area contributed by atoms with Gasteiger partial charge in [0.25, 0.3) is 19.7 Å². The molecule has 0 aliphatic carbocycles. The lowest BCUT2D eigenvalue weighted by atomic mass is 11.5. The van der Waals surface area contributed by atoms with Crippen LogP contribution in [0, 0.1) is 0 Å². The maximum absolute atomic E-state index is 11.5. The molecule has 0 saturated carbocycles. The smallest absolute Gasteiger partial charge is 0.218 e. The Morgan fingerprint density at radius 2 is 0.867 bits per heavy atom. The molecule has 0 bridgehead atoms. The highest BCUT2D eigenvalue weighted by Gasteiger charge is 2.55. The standard InChI is InChI=1S/C3H2F6O4S2/c4-2(5,6)14(10,11)1-15(12,13)3(7,8)9/h1H2. The number of sulfone groups is 2. The van der Waals surface area contributed by atoms with Gasteiger partial charge in [-0.25, -0.2) is 16.8 Å². The van der Waals surface area contributed by atoms with Crippen LogP contribution in [0.4, 0.5) is 26.3 Å². The minimum absolute atomic E-state index is 3.03. The molecule has 0 rings (SSSR count). The fraction of sp³-hybridized carbons (Fsp3) is 1.00. The van der Waals surface area contributed by atoms with E-state index in [1.165, 1.54) is 0 Å². The van der Waals surface area contributed by atoms with Gasteiger partial charge in [-0.2, -0.15) is 26.3 Å². The van der Waals surface area contributed by atoms with E-state index >= 15 is 0 Å². The number of alkyl halides is 6. The summed E-state index contributed by atoms with van der Waals surface area (Å²) in [7, 11) is -12.7. The van der Waals surface area contributed by atoms with Crippen LogP contribution in [-0.2, 0) is 19.7 Å². The van der Waals surface area contributed by atoms with E-state index < -0.39 is 35.8 Å². The highest BCUT2D eigenvalue weighted by atomic mass is 32.3. The summed E-state index contributed by atoms with van der Waals surface area (Å²) in [6, 6.07) is 0. The zero-order valence-electron chi connectivity index (χ0n) is 6.42. The summed E-state index contributed by atoms with van der Waals surface area (Å²) < 4.78 is 110. The van der Waals surface area contributed by atoms with Gasteiger partial charge in [-0.05, 0) is 0 Å². The average Bonchev–Trinajstić information content (AvgIpc) is 1.77. The van der Waals surface area contributed by atoms with E-state index in [4.69, 9.17) is 0 Å². The Hall–Kier alpha value is -0.520. The molecule has 0 fully saturated rings. The molecular formula is C3H2F6O4S2. The molecule has 15 heavy (non-hydrogen) atoms. The highest BCUT2D eigenvalue weighted by Crippen LogP contribution is 2.30. The lowest BCUT2D eigenvalue weighted by Gasteiger charge is -2.10. The lowest BCUT2D eigenvalue weighted by Crippen LogP contribution is -2.36. The molecule has 0 aromatic rings. The summed E-state index contributed by atoms with van der Waals surface area (Å²) >= 11 is 0. The van der Waals surface area contributed by atoms with Crippen LogP contribution in [0.5, 0.6) is 0 Å². The fourth-order valence-corrected chi connectivity index (χ4v) is 3.04. The first-order valence-corrected chi connectivity index (χ1v) is 6.09. The Labute approximate surface area is 79.7 Å². The van der Waals surface area contributed by atoms with Gasteiger partial charge >= 0.3 is 11.0 Å². The van der Waals surface area contributed by atoms with Gasteiger partial charge in [0, 0.05) is 0 Å². The third kappa shape index (κ3) is 3.22. The quantitative estimate of drug-likeness (QED) is 0.702. The first kappa shape index (κ1) is 14.5. The number of halogens is 6. The molecule has 0 aromatic carbocycles. The second-order valence-corrected chi connectivity index (χ2v) is 6.57. The van der Waals surface area contributed by atoms with Crippen molar-refractivity contribution in [2.24, 2.45) is 0 Å². The molecule has 92 valence electrons. The molecule has 0 aliphatic heterocycles. The molecule has 12 heteroatoms. The first-order chi connectivity index (χ1) is 6.21. The third-order valence-corrected chi connectivity index (χ3v) is 4.91. The molecule has 0 saturated heterocycles. The van der Waals surface area contributed by atoms with Gasteiger partial charge < -0.3 is 0 Å². The average molecular weight is 280 g/mol. The van der Waals surface area contributed by atoms with E-state index in [2.05, 4.69) is 0 Å². The summed E-state index contributed by atoms with van der Waals surface area (Å²) in [4.78, 5) is 0. The number of hydrogen-bond donors (Lipinski definition) is 0. The van der Waals surface area contributed by atoms with E-state index in [-0.39, 0.29) is 0 Å². The summed E-state index contributed by atoms with van der Waals surface area (Å²) in [5.74, 6) is 0. The zero-order chi connectivity index (χ0) is 12.7. The molecular weight excluding hydrogens is 278 g/mol. The summed E-state index contributed by atoms with van der Waals surface area (Å²) in [6.45, 7) is 0. The third-order valence-electron chi connectivity index (χ3n) is 1.02. The number of hydrogen-bond acceptors (Lipinski definition) is 4. The van der Waals surface area contributed by atoms with Crippen LogP contribution in [0.2, 0.25) is 0 Å². The van der Waals surface area contributed by atoms with Crippen molar-refractivity contribution >= 4 is 19.7 Å². The van der Waals surface area contributed by atoms with Crippen molar-refractivity contribution in [3.05, 3.63) is 0 Å². The normalized spacial score (nSPS) is 15.3. The van der Waals surface area contributed by atoms with Crippen molar-refractivity contribution in [2.75, 3.05) is 5.08 Å². The molecule has 0 heterocycles. The second kappa shape index (κ2) is 3.50. The molecule has 0 amide bonds. The van der Waals surface area contributed by atoms with E-state index in [1.54, 1.807) is 0 Å². The van der Waals surface area contributed by atoms with Crippen LogP contribution in [0.25, 0.3) is 0 Å². The Morgan fingerprint density at radius 1 is 0.667 bits per heavy atom. The minimum Gasteiger partial charge on any atom is -0.218 e. The van der Waals surface area contributed by atoms with Crippen LogP contribution < -0.4 is 0 Å². The van der Waals surface area contributed by atoms with Crippen molar-refractivity contribution < 1.29 is 43.2 Å². The van der Waals surface area contributed by atoms with Gasteiger partial charge in [-0.3, -0.25) is 0 Å². The van der Waals surface area contributed by atoms with Crippen molar-refractivity contribution in [2.45, 2.75) is 11.0 Å². The van der Waals surface area contributed by atoms with E-state index in [9.17, 15) is 43.2 Å². The Bertz CT molecular complexity index is 382. The monoisotopic (exact) mass is 280 g/mol. The molecule has 0 N–H and O–H groups in total. The van der Waals surface area contributed by atoms with Crippen molar-refractivity contribution in [1.29, 1.82) is 0 Å². The first-order valence-electron chi connectivity index (χ1n) is 2.79. The minimum atomic E-state index is -6.35. The molecule has 0 aliphatic rings. The largest absolute Gasteiger partial charge is 0.498 e. The Kier molecular flexibility index (Phi) is 3.38. The summed E-state index contributed by atoms with van der Waals surface area (Å²) in [5.41, 5.74) is -12.1. The molecule has 0 unspecified atom stereocenters. The second-order valence-electron chi connectivity index (χ2n) is 2.24. The van der Waals surface area contributed by atoms with Gasteiger partial charge in [0.05, 0.1) is 0 Å². The van der Waals surface area contributed by atoms with E-state index in [0.717, 1.165) is 0 Å². The fourth-order valence-electron chi connectivity index (χ4n) is 0.338. The van der Waals surface area contributed by atoms with Gasteiger partial charge in [-0.1, -0.05) is 0 Å². The van der Waals surface area contributed by atoms with Crippen LogP contribution in [0.1, 0.15) is 0 Å². The van der Waals surface area contributed by atoms with Crippen LogP contribution in [0.3, 0.4) is 0 Å². The zero-order valence-corrected chi connectivity index (χ0v) is 8.06. The Balaban J connectivity index is 5.28. The Morgan fingerprint density at radius 3 is 1.00 bits per heavy atom. The van der Waals surface area contributed by atoms with Gasteiger partial charge in [0.1, 0.15) is 0 Å². The number of rotatable bonds is 2. The predicted octanol–water partition coefficient (Wildman–Crippen LogP) is 0.813.